The number of likely N-dealkylation sites (tertiary alicyclic amines) is 1. The molecule has 1 aliphatic rings. The van der Waals surface area contributed by atoms with Crippen LogP contribution in [0, 0.1) is 12.8 Å². The van der Waals surface area contributed by atoms with E-state index in [-0.39, 0.29) is 25.5 Å². The molecule has 3 rings (SSSR count). The number of aryl methyl sites for hydroxylation is 1. The molecule has 180 valence electrons. The SMILES string of the molecule is Cc1ncccc1-c1ccc([C@H](CO)NC(=O)C2CC(O)CN2C(=O)[C@@H](N=[N+]=[N-])C(C)C)cc1. The lowest BCUT2D eigenvalue weighted by Gasteiger charge is -2.29. The average Bonchev–Trinajstić information content (AvgIpc) is 3.22. The van der Waals surface area contributed by atoms with Gasteiger partial charge in [0.2, 0.25) is 11.8 Å². The normalized spacial score (nSPS) is 19.4. The van der Waals surface area contributed by atoms with Gasteiger partial charge in [0, 0.05) is 35.3 Å². The number of amides is 2. The van der Waals surface area contributed by atoms with Gasteiger partial charge in [-0.05, 0) is 35.6 Å². The van der Waals surface area contributed by atoms with E-state index in [0.29, 0.717) is 5.56 Å². The van der Waals surface area contributed by atoms with Gasteiger partial charge in [0.05, 0.1) is 18.8 Å². The van der Waals surface area contributed by atoms with Crippen molar-refractivity contribution >= 4 is 11.8 Å². The Labute approximate surface area is 198 Å². The molecule has 0 aliphatic carbocycles. The predicted octanol–water partition coefficient (Wildman–Crippen LogP) is 2.50. The number of aliphatic hydroxyl groups is 2. The highest BCUT2D eigenvalue weighted by atomic mass is 16.3. The Bertz CT molecular complexity index is 1070. The van der Waals surface area contributed by atoms with Crippen LogP contribution in [0.4, 0.5) is 0 Å². The summed E-state index contributed by atoms with van der Waals surface area (Å²) in [6.07, 6.45) is 0.929. The maximum atomic E-state index is 13.1. The van der Waals surface area contributed by atoms with Crippen LogP contribution >= 0.6 is 0 Å². The molecule has 1 saturated heterocycles. The maximum absolute atomic E-state index is 13.1. The number of β-amino-alcohol motifs (C(OH)–C–C–N with tert-alkyl or cyclic N) is 1. The molecule has 2 aromatic rings. The molecule has 0 bridgehead atoms. The van der Waals surface area contributed by atoms with Crippen LogP contribution in [0.5, 0.6) is 0 Å². The summed E-state index contributed by atoms with van der Waals surface area (Å²) < 4.78 is 0. The number of rotatable bonds is 8. The van der Waals surface area contributed by atoms with Crippen molar-refractivity contribution in [2.75, 3.05) is 13.2 Å². The second kappa shape index (κ2) is 11.1. The summed E-state index contributed by atoms with van der Waals surface area (Å²) in [6, 6.07) is 8.70. The van der Waals surface area contributed by atoms with Gasteiger partial charge in [0.25, 0.3) is 0 Å². The number of pyridine rings is 1. The van der Waals surface area contributed by atoms with Crippen molar-refractivity contribution in [2.24, 2.45) is 11.0 Å². The van der Waals surface area contributed by atoms with Crippen molar-refractivity contribution in [3.05, 3.63) is 64.3 Å². The Morgan fingerprint density at radius 1 is 1.29 bits per heavy atom. The largest absolute Gasteiger partial charge is 0.394 e. The van der Waals surface area contributed by atoms with E-state index in [0.717, 1.165) is 16.8 Å². The maximum Gasteiger partial charge on any atom is 0.243 e. The lowest BCUT2D eigenvalue weighted by Crippen LogP contribution is -2.50. The first-order valence-electron chi connectivity index (χ1n) is 11.2. The van der Waals surface area contributed by atoms with Gasteiger partial charge in [0.15, 0.2) is 0 Å². The molecule has 1 fully saturated rings. The second-order valence-corrected chi connectivity index (χ2v) is 8.79. The quantitative estimate of drug-likeness (QED) is 0.310. The number of nitrogens with one attached hydrogen (secondary N) is 1. The molecule has 2 amide bonds. The highest BCUT2D eigenvalue weighted by molar-refractivity contribution is 5.91. The molecular weight excluding hydrogens is 436 g/mol. The minimum Gasteiger partial charge on any atom is -0.394 e. The molecule has 0 saturated carbocycles. The fourth-order valence-corrected chi connectivity index (χ4v) is 4.19. The summed E-state index contributed by atoms with van der Waals surface area (Å²) >= 11 is 0. The summed E-state index contributed by atoms with van der Waals surface area (Å²) in [5, 5.41) is 26.5. The van der Waals surface area contributed by atoms with Gasteiger partial charge in [-0.2, -0.15) is 0 Å². The van der Waals surface area contributed by atoms with Crippen LogP contribution in [-0.4, -0.2) is 63.3 Å². The van der Waals surface area contributed by atoms with Crippen molar-refractivity contribution in [1.82, 2.24) is 15.2 Å². The summed E-state index contributed by atoms with van der Waals surface area (Å²) in [4.78, 5) is 34.4. The van der Waals surface area contributed by atoms with E-state index >= 15 is 0 Å². The highest BCUT2D eigenvalue weighted by Crippen LogP contribution is 2.26. The predicted molar refractivity (Wildman–Crippen MR) is 126 cm³/mol. The fraction of sp³-hybridized carbons (Fsp3) is 0.458. The first-order valence-corrected chi connectivity index (χ1v) is 11.2. The van der Waals surface area contributed by atoms with E-state index in [1.165, 1.54) is 4.90 Å². The first kappa shape index (κ1) is 25.2. The molecule has 34 heavy (non-hydrogen) atoms. The molecule has 3 N–H and O–H groups in total. The summed E-state index contributed by atoms with van der Waals surface area (Å²) in [6.45, 7) is 5.06. The van der Waals surface area contributed by atoms with E-state index < -0.39 is 36.0 Å². The lowest BCUT2D eigenvalue weighted by molar-refractivity contribution is -0.140. The number of aromatic nitrogens is 1. The number of azide groups is 1. The summed E-state index contributed by atoms with van der Waals surface area (Å²) in [7, 11) is 0. The minimum atomic E-state index is -0.970. The van der Waals surface area contributed by atoms with E-state index in [9.17, 15) is 19.8 Å². The van der Waals surface area contributed by atoms with E-state index in [4.69, 9.17) is 5.53 Å². The molecular formula is C24H30N6O4. The van der Waals surface area contributed by atoms with Crippen LogP contribution in [-0.2, 0) is 9.59 Å². The Hall–Kier alpha value is -3.46. The number of carbonyl (C=O) groups excluding carboxylic acids is 2. The smallest absolute Gasteiger partial charge is 0.243 e. The third-order valence-electron chi connectivity index (χ3n) is 6.06. The zero-order chi connectivity index (χ0) is 24.8. The van der Waals surface area contributed by atoms with Crippen molar-refractivity contribution in [2.45, 2.75) is 51.4 Å². The molecule has 10 nitrogen and oxygen atoms in total. The number of benzene rings is 1. The standard InChI is InChI=1S/C24H30N6O4/c1-14(2)22(28-29-25)24(34)30-12-18(32)11-21(30)23(33)27-20(13-31)17-8-6-16(7-9-17)19-5-4-10-26-15(19)3/h4-10,14,18,20-22,31-32H,11-13H2,1-3H3,(H,27,33)/t18?,20-,21?,22-/m0/s1. The number of nitrogens with zero attached hydrogens (tertiary/aromatic N) is 5. The third-order valence-corrected chi connectivity index (χ3v) is 6.06. The summed E-state index contributed by atoms with van der Waals surface area (Å²) in [5.74, 6) is -1.25. The Balaban J connectivity index is 1.76. The van der Waals surface area contributed by atoms with Crippen molar-refractivity contribution in [3.8, 4) is 11.1 Å². The zero-order valence-electron chi connectivity index (χ0n) is 19.5. The van der Waals surface area contributed by atoms with Crippen LogP contribution < -0.4 is 5.32 Å². The Morgan fingerprint density at radius 2 is 2.00 bits per heavy atom. The summed E-state index contributed by atoms with van der Waals surface area (Å²) in [5.41, 5.74) is 12.4. The van der Waals surface area contributed by atoms with Gasteiger partial charge >= 0.3 is 0 Å². The van der Waals surface area contributed by atoms with E-state index in [2.05, 4.69) is 20.3 Å². The average molecular weight is 467 g/mol. The van der Waals surface area contributed by atoms with Gasteiger partial charge in [0.1, 0.15) is 12.1 Å². The van der Waals surface area contributed by atoms with E-state index in [1.807, 2.05) is 43.3 Å². The fourth-order valence-electron chi connectivity index (χ4n) is 4.19. The molecule has 1 aromatic carbocycles. The van der Waals surface area contributed by atoms with Gasteiger partial charge < -0.3 is 20.4 Å². The molecule has 1 aliphatic heterocycles. The van der Waals surface area contributed by atoms with Gasteiger partial charge in [-0.1, -0.05) is 49.3 Å². The highest BCUT2D eigenvalue weighted by Gasteiger charge is 2.42. The number of hydrogen-bond donors (Lipinski definition) is 3. The number of hydrogen-bond acceptors (Lipinski definition) is 6. The van der Waals surface area contributed by atoms with Crippen LogP contribution in [0.2, 0.25) is 0 Å². The second-order valence-electron chi connectivity index (χ2n) is 8.79. The van der Waals surface area contributed by atoms with Gasteiger partial charge in [-0.25, -0.2) is 0 Å². The van der Waals surface area contributed by atoms with E-state index in [1.54, 1.807) is 20.0 Å². The van der Waals surface area contributed by atoms with Crippen LogP contribution in [0.25, 0.3) is 21.6 Å². The molecule has 4 atom stereocenters. The van der Waals surface area contributed by atoms with Gasteiger partial charge in [-0.15, -0.1) is 0 Å². The molecule has 0 spiro atoms. The lowest BCUT2D eigenvalue weighted by atomic mass is 10.00. The molecule has 2 heterocycles. The number of carbonyl (C=O) groups is 2. The van der Waals surface area contributed by atoms with Crippen molar-refractivity contribution in [3.63, 3.8) is 0 Å². The monoisotopic (exact) mass is 466 g/mol. The third kappa shape index (κ3) is 5.53. The first-order chi connectivity index (χ1) is 16.3. The van der Waals surface area contributed by atoms with Crippen molar-refractivity contribution < 1.29 is 19.8 Å². The zero-order valence-corrected chi connectivity index (χ0v) is 19.5. The molecule has 10 heteroatoms. The van der Waals surface area contributed by atoms with Crippen molar-refractivity contribution in [1.29, 1.82) is 0 Å². The molecule has 2 unspecified atom stereocenters. The minimum absolute atomic E-state index is 0.0238. The van der Waals surface area contributed by atoms with Crippen LogP contribution in [0.1, 0.15) is 37.6 Å². The molecule has 1 aromatic heterocycles. The van der Waals surface area contributed by atoms with Gasteiger partial charge in [-0.3, -0.25) is 14.6 Å². The Kier molecular flexibility index (Phi) is 8.22. The van der Waals surface area contributed by atoms with Crippen LogP contribution in [0.3, 0.4) is 0 Å². The van der Waals surface area contributed by atoms with Crippen LogP contribution in [0.15, 0.2) is 47.7 Å². The Morgan fingerprint density at radius 3 is 2.59 bits per heavy atom. The number of aliphatic hydroxyl groups excluding tert-OH is 2. The molecule has 0 radical (unpaired) electrons. The topological polar surface area (TPSA) is 152 Å².